The first kappa shape index (κ1) is 33.7. The molecule has 0 aliphatic carbocycles. The Balaban J connectivity index is 1.34. The molecule has 2 N–H and O–H groups in total. The molecule has 12 heteroatoms. The number of hydrogen-bond donors (Lipinski definition) is 2. The van der Waals surface area contributed by atoms with Crippen molar-refractivity contribution in [3.05, 3.63) is 95.2 Å². The van der Waals surface area contributed by atoms with E-state index >= 15 is 0 Å². The van der Waals surface area contributed by atoms with Crippen LogP contribution < -0.4 is 20.3 Å². The van der Waals surface area contributed by atoms with Crippen LogP contribution in [0.4, 0.5) is 36.2 Å². The Hall–Kier alpha value is -4.68. The van der Waals surface area contributed by atoms with Gasteiger partial charge in [-0.15, -0.1) is 0 Å². The molecule has 0 saturated carbocycles. The predicted octanol–water partition coefficient (Wildman–Crippen LogP) is 6.97. The summed E-state index contributed by atoms with van der Waals surface area (Å²) in [6, 6.07) is 18.2. The molecule has 4 aromatic rings. The van der Waals surface area contributed by atoms with Crippen molar-refractivity contribution in [1.82, 2.24) is 19.8 Å². The van der Waals surface area contributed by atoms with Crippen LogP contribution in [0, 0.1) is 13.8 Å². The number of alkyl halides is 3. The van der Waals surface area contributed by atoms with Gasteiger partial charge in [-0.05, 0) is 95.0 Å². The molecule has 1 fully saturated rings. The van der Waals surface area contributed by atoms with Crippen LogP contribution in [0.3, 0.4) is 0 Å². The summed E-state index contributed by atoms with van der Waals surface area (Å²) in [5.74, 6) is -1.35. The van der Waals surface area contributed by atoms with Gasteiger partial charge < -0.3 is 25.2 Å². The normalized spacial score (nSPS) is 13.9. The number of amides is 1. The van der Waals surface area contributed by atoms with Gasteiger partial charge in [0.15, 0.2) is 0 Å². The minimum Gasteiger partial charge on any atom is -0.437 e. The molecular weight excluding hydrogens is 607 g/mol. The van der Waals surface area contributed by atoms with Crippen LogP contribution in [0.2, 0.25) is 0 Å². The number of rotatable bonds is 11. The Kier molecular flexibility index (Phi) is 10.6. The molecule has 0 atom stereocenters. The Morgan fingerprint density at radius 3 is 2.28 bits per heavy atom. The number of benzene rings is 3. The zero-order valence-corrected chi connectivity index (χ0v) is 27.1. The number of carbonyl (C=O) groups excluding carboxylic acids is 1. The largest absolute Gasteiger partial charge is 0.437 e. The second kappa shape index (κ2) is 14.8. The number of aromatic nitrogens is 2. The highest BCUT2D eigenvalue weighted by molar-refractivity contribution is 6.06. The predicted molar refractivity (Wildman–Crippen MR) is 179 cm³/mol. The van der Waals surface area contributed by atoms with E-state index in [0.29, 0.717) is 11.4 Å². The third-order valence-corrected chi connectivity index (χ3v) is 8.06. The SMILES string of the molecule is Cc1cccc(C)c1NC(=O)c1cnc(Nc2ccc(N3CCN(CCCN(C)C)CC3)cc2)nc1Oc1ccccc1C(F)(F)F. The van der Waals surface area contributed by atoms with E-state index in [9.17, 15) is 18.0 Å². The lowest BCUT2D eigenvalue weighted by Crippen LogP contribution is -2.46. The monoisotopic (exact) mass is 647 g/mol. The summed E-state index contributed by atoms with van der Waals surface area (Å²) in [4.78, 5) is 29.1. The summed E-state index contributed by atoms with van der Waals surface area (Å²) in [6.07, 6.45) is -2.28. The number of aryl methyl sites for hydroxylation is 2. The molecule has 9 nitrogen and oxygen atoms in total. The summed E-state index contributed by atoms with van der Waals surface area (Å²) >= 11 is 0. The molecular formula is C35H40F3N7O2. The van der Waals surface area contributed by atoms with E-state index in [4.69, 9.17) is 4.74 Å². The van der Waals surface area contributed by atoms with E-state index in [-0.39, 0.29) is 17.4 Å². The fourth-order valence-corrected chi connectivity index (χ4v) is 5.47. The van der Waals surface area contributed by atoms with Gasteiger partial charge in [-0.2, -0.15) is 18.2 Å². The number of ether oxygens (including phenoxy) is 1. The molecule has 5 rings (SSSR count). The summed E-state index contributed by atoms with van der Waals surface area (Å²) in [6.45, 7) is 9.75. The van der Waals surface area contributed by atoms with Crippen LogP contribution in [-0.4, -0.2) is 79.0 Å². The Labute approximate surface area is 273 Å². The molecule has 1 amide bonds. The van der Waals surface area contributed by atoms with Gasteiger partial charge in [0.05, 0.1) is 5.56 Å². The highest BCUT2D eigenvalue weighted by Gasteiger charge is 2.35. The number of anilines is 4. The van der Waals surface area contributed by atoms with Crippen LogP contribution in [0.15, 0.2) is 72.9 Å². The van der Waals surface area contributed by atoms with Crippen LogP contribution in [0.5, 0.6) is 11.6 Å². The maximum absolute atomic E-state index is 13.8. The first-order chi connectivity index (χ1) is 22.5. The lowest BCUT2D eigenvalue weighted by atomic mass is 10.1. The standard InChI is InChI=1S/C35H40F3N7O2/c1-24-9-7-10-25(2)31(24)41-32(46)28-23-39-34(42-33(28)47-30-12-6-5-11-29(30)35(36,37)38)40-26-13-15-27(16-14-26)45-21-19-44(20-22-45)18-8-17-43(3)4/h5-7,9-16,23H,8,17-22H2,1-4H3,(H,41,46)(H,39,40,42). The van der Waals surface area contributed by atoms with Crippen molar-refractivity contribution >= 4 is 28.9 Å². The Morgan fingerprint density at radius 2 is 1.62 bits per heavy atom. The van der Waals surface area contributed by atoms with Crippen LogP contribution in [0.1, 0.15) is 33.5 Å². The smallest absolute Gasteiger partial charge is 0.419 e. The van der Waals surface area contributed by atoms with Crippen molar-refractivity contribution < 1.29 is 22.7 Å². The van der Waals surface area contributed by atoms with Gasteiger partial charge in [0, 0.05) is 49.4 Å². The third kappa shape index (κ3) is 8.78. The highest BCUT2D eigenvalue weighted by Crippen LogP contribution is 2.38. The molecule has 1 aliphatic heterocycles. The van der Waals surface area contributed by atoms with Gasteiger partial charge in [0.1, 0.15) is 11.3 Å². The van der Waals surface area contributed by atoms with Crippen LogP contribution >= 0.6 is 0 Å². The first-order valence-corrected chi connectivity index (χ1v) is 15.6. The number of carbonyl (C=O) groups is 1. The molecule has 0 unspecified atom stereocenters. The number of nitrogens with zero attached hydrogens (tertiary/aromatic N) is 5. The summed E-state index contributed by atoms with van der Waals surface area (Å²) < 4.78 is 47.1. The lowest BCUT2D eigenvalue weighted by Gasteiger charge is -2.36. The average molecular weight is 648 g/mol. The maximum Gasteiger partial charge on any atom is 0.419 e. The van der Waals surface area contributed by atoms with Crippen LogP contribution in [0.25, 0.3) is 0 Å². The fraction of sp³-hybridized carbons (Fsp3) is 0.343. The number of piperazine rings is 1. The number of para-hydroxylation sites is 2. The Bertz CT molecular complexity index is 1650. The van der Waals surface area contributed by atoms with E-state index < -0.39 is 23.4 Å². The van der Waals surface area contributed by atoms with Crippen molar-refractivity contribution in [3.8, 4) is 11.6 Å². The zero-order chi connectivity index (χ0) is 33.6. The van der Waals surface area contributed by atoms with Crippen molar-refractivity contribution in [1.29, 1.82) is 0 Å². The summed E-state index contributed by atoms with van der Waals surface area (Å²) in [7, 11) is 4.18. The van der Waals surface area contributed by atoms with Gasteiger partial charge in [0.2, 0.25) is 11.8 Å². The molecule has 1 aromatic heterocycles. The molecule has 47 heavy (non-hydrogen) atoms. The topological polar surface area (TPSA) is 85.9 Å². The second-order valence-corrected chi connectivity index (χ2v) is 11.9. The molecule has 1 saturated heterocycles. The van der Waals surface area contributed by atoms with Crippen molar-refractivity contribution in [2.45, 2.75) is 26.4 Å². The first-order valence-electron chi connectivity index (χ1n) is 15.6. The van der Waals surface area contributed by atoms with Crippen molar-refractivity contribution in [2.75, 3.05) is 68.9 Å². The summed E-state index contributed by atoms with van der Waals surface area (Å²) in [5, 5.41) is 5.93. The third-order valence-electron chi connectivity index (χ3n) is 8.06. The van der Waals surface area contributed by atoms with E-state index in [0.717, 1.165) is 68.6 Å². The van der Waals surface area contributed by atoms with Gasteiger partial charge >= 0.3 is 6.18 Å². The van der Waals surface area contributed by atoms with Gasteiger partial charge in [0.25, 0.3) is 5.91 Å². The minimum absolute atomic E-state index is 0.0622. The fourth-order valence-electron chi connectivity index (χ4n) is 5.47. The van der Waals surface area contributed by atoms with Crippen molar-refractivity contribution in [3.63, 3.8) is 0 Å². The van der Waals surface area contributed by atoms with Gasteiger partial charge in [-0.25, -0.2) is 4.98 Å². The maximum atomic E-state index is 13.8. The molecule has 248 valence electrons. The molecule has 0 spiro atoms. The highest BCUT2D eigenvalue weighted by atomic mass is 19.4. The van der Waals surface area contributed by atoms with Gasteiger partial charge in [-0.3, -0.25) is 9.69 Å². The quantitative estimate of drug-likeness (QED) is 0.181. The van der Waals surface area contributed by atoms with E-state index in [1.807, 2.05) is 56.3 Å². The average Bonchev–Trinajstić information content (AvgIpc) is 3.03. The number of hydrogen-bond acceptors (Lipinski definition) is 8. The number of nitrogens with one attached hydrogen (secondary N) is 2. The van der Waals surface area contributed by atoms with Crippen molar-refractivity contribution in [2.24, 2.45) is 0 Å². The Morgan fingerprint density at radius 1 is 0.936 bits per heavy atom. The summed E-state index contributed by atoms with van der Waals surface area (Å²) in [5.41, 5.74) is 2.90. The molecule has 2 heterocycles. The molecule has 0 radical (unpaired) electrons. The molecule has 0 bridgehead atoms. The van der Waals surface area contributed by atoms with Gasteiger partial charge in [-0.1, -0.05) is 30.3 Å². The van der Waals surface area contributed by atoms with E-state index in [1.54, 1.807) is 0 Å². The van der Waals surface area contributed by atoms with E-state index in [2.05, 4.69) is 49.4 Å². The van der Waals surface area contributed by atoms with Crippen LogP contribution in [-0.2, 0) is 6.18 Å². The molecule has 3 aromatic carbocycles. The lowest BCUT2D eigenvalue weighted by molar-refractivity contribution is -0.138. The van der Waals surface area contributed by atoms with E-state index in [1.165, 1.54) is 24.4 Å². The molecule has 1 aliphatic rings. The zero-order valence-electron chi connectivity index (χ0n) is 27.1. The minimum atomic E-state index is -4.67. The second-order valence-electron chi connectivity index (χ2n) is 11.9. The number of halogens is 3.